The molecular weight excluding hydrogens is 284 g/mol. The molecule has 0 saturated carbocycles. The van der Waals surface area contributed by atoms with E-state index in [-0.39, 0.29) is 15.5 Å². The van der Waals surface area contributed by atoms with Gasteiger partial charge in [0.05, 0.1) is 0 Å². The lowest BCUT2D eigenvalue weighted by atomic mass is 10.0. The Hall–Kier alpha value is -0.940. The van der Waals surface area contributed by atoms with E-state index in [1.165, 1.54) is 12.1 Å². The highest BCUT2D eigenvalue weighted by molar-refractivity contribution is 8.00. The Morgan fingerprint density at radius 3 is 2.58 bits per heavy atom. The predicted molar refractivity (Wildman–Crippen MR) is 81.5 cm³/mol. The maximum Gasteiger partial charge on any atom is 0.339 e. The molecule has 0 aliphatic heterocycles. The maximum absolute atomic E-state index is 11.1. The summed E-state index contributed by atoms with van der Waals surface area (Å²) in [5, 5.41) is 12.5. The van der Waals surface area contributed by atoms with Crippen LogP contribution in [-0.4, -0.2) is 33.6 Å². The molecule has 0 fully saturated rings. The molecule has 0 aliphatic carbocycles. The monoisotopic (exact) mass is 302 g/mol. The van der Waals surface area contributed by atoms with Crippen molar-refractivity contribution in [3.63, 3.8) is 0 Å². The second-order valence-electron chi connectivity index (χ2n) is 4.28. The summed E-state index contributed by atoms with van der Waals surface area (Å²) in [4.78, 5) is 15.2. The summed E-state index contributed by atoms with van der Waals surface area (Å²) >= 11 is 7.61. The molecule has 6 heteroatoms. The normalized spacial score (nSPS) is 11.4. The topological polar surface area (TPSA) is 62.2 Å². The van der Waals surface area contributed by atoms with Gasteiger partial charge in [0.2, 0.25) is 0 Å². The molecule has 0 aliphatic rings. The molecular formula is C13H19ClN2O2S. The average molecular weight is 303 g/mol. The second-order valence-corrected chi connectivity index (χ2v) is 5.94. The van der Waals surface area contributed by atoms with E-state index in [2.05, 4.69) is 30.4 Å². The number of nitrogens with one attached hydrogen (secondary N) is 1. The Labute approximate surface area is 123 Å². The van der Waals surface area contributed by atoms with Crippen molar-refractivity contribution in [2.45, 2.75) is 31.4 Å². The number of pyridine rings is 1. The van der Waals surface area contributed by atoms with Crippen LogP contribution in [-0.2, 0) is 0 Å². The number of rotatable bonds is 7. The minimum atomic E-state index is -1.01. The van der Waals surface area contributed by atoms with Crippen LogP contribution in [0.5, 0.6) is 0 Å². The molecule has 0 saturated heterocycles. The van der Waals surface area contributed by atoms with Gasteiger partial charge in [-0.3, -0.25) is 0 Å². The van der Waals surface area contributed by atoms with Crippen molar-refractivity contribution in [3.05, 3.63) is 22.8 Å². The highest BCUT2D eigenvalue weighted by Gasteiger charge is 2.25. The number of carboxylic acids is 1. The van der Waals surface area contributed by atoms with Gasteiger partial charge in [-0.15, -0.1) is 0 Å². The van der Waals surface area contributed by atoms with Gasteiger partial charge < -0.3 is 10.4 Å². The first-order valence-corrected chi connectivity index (χ1v) is 7.77. The molecule has 0 radical (unpaired) electrons. The van der Waals surface area contributed by atoms with Gasteiger partial charge in [0.1, 0.15) is 16.5 Å². The van der Waals surface area contributed by atoms with Crippen LogP contribution in [0.4, 0.5) is 5.82 Å². The molecule has 2 N–H and O–H groups in total. The molecule has 0 amide bonds. The zero-order valence-electron chi connectivity index (χ0n) is 11.4. The highest BCUT2D eigenvalue weighted by atomic mass is 35.5. The van der Waals surface area contributed by atoms with E-state index in [1.54, 1.807) is 11.8 Å². The standard InChI is InChI=1S/C13H19ClN2O2S/c1-4-13(5-2,19-3)8-15-11-9(12(17)18)6-7-10(14)16-11/h6-7H,4-5,8H2,1-3H3,(H,15,16)(H,17,18). The minimum Gasteiger partial charge on any atom is -0.478 e. The third-order valence-corrected chi connectivity index (χ3v) is 5.19. The third kappa shape index (κ3) is 4.01. The zero-order chi connectivity index (χ0) is 14.5. The fraction of sp³-hybridized carbons (Fsp3) is 0.538. The number of hydrogen-bond donors (Lipinski definition) is 2. The molecule has 0 spiro atoms. The Balaban J connectivity index is 2.93. The van der Waals surface area contributed by atoms with Gasteiger partial charge in [0.25, 0.3) is 0 Å². The number of nitrogens with zero attached hydrogens (tertiary/aromatic N) is 1. The van der Waals surface area contributed by atoms with Crippen LogP contribution in [0.15, 0.2) is 12.1 Å². The summed E-state index contributed by atoms with van der Waals surface area (Å²) in [5.74, 6) is -0.672. The van der Waals surface area contributed by atoms with E-state index in [0.29, 0.717) is 12.4 Å². The van der Waals surface area contributed by atoms with E-state index < -0.39 is 5.97 Å². The van der Waals surface area contributed by atoms with Crippen LogP contribution in [0.25, 0.3) is 0 Å². The Morgan fingerprint density at radius 2 is 2.11 bits per heavy atom. The smallest absolute Gasteiger partial charge is 0.339 e. The van der Waals surface area contributed by atoms with Crippen molar-refractivity contribution in [3.8, 4) is 0 Å². The third-order valence-electron chi connectivity index (χ3n) is 3.39. The largest absolute Gasteiger partial charge is 0.478 e. The van der Waals surface area contributed by atoms with Crippen molar-refractivity contribution < 1.29 is 9.90 Å². The Bertz CT molecular complexity index is 442. The molecule has 106 valence electrons. The summed E-state index contributed by atoms with van der Waals surface area (Å²) in [5.41, 5.74) is 0.145. The van der Waals surface area contributed by atoms with Crippen LogP contribution in [0.3, 0.4) is 0 Å². The minimum absolute atomic E-state index is 0.0831. The molecule has 0 unspecified atom stereocenters. The van der Waals surface area contributed by atoms with Crippen molar-refractivity contribution in [1.82, 2.24) is 4.98 Å². The van der Waals surface area contributed by atoms with Crippen molar-refractivity contribution >= 4 is 35.1 Å². The molecule has 1 aromatic heterocycles. The number of carboxylic acid groups (broad SMARTS) is 1. The van der Waals surface area contributed by atoms with Crippen LogP contribution in [0.1, 0.15) is 37.0 Å². The van der Waals surface area contributed by atoms with Gasteiger partial charge in [-0.1, -0.05) is 25.4 Å². The Morgan fingerprint density at radius 1 is 1.47 bits per heavy atom. The molecule has 1 aromatic rings. The van der Waals surface area contributed by atoms with Gasteiger partial charge >= 0.3 is 5.97 Å². The lowest BCUT2D eigenvalue weighted by molar-refractivity contribution is 0.0697. The molecule has 4 nitrogen and oxygen atoms in total. The summed E-state index contributed by atoms with van der Waals surface area (Å²) < 4.78 is 0.0831. The first kappa shape index (κ1) is 16.1. The zero-order valence-corrected chi connectivity index (χ0v) is 12.9. The number of anilines is 1. The van der Waals surface area contributed by atoms with Gasteiger partial charge in [0, 0.05) is 11.3 Å². The molecule has 19 heavy (non-hydrogen) atoms. The van der Waals surface area contributed by atoms with Crippen LogP contribution in [0, 0.1) is 0 Å². The summed E-state index contributed by atoms with van der Waals surface area (Å²) in [6, 6.07) is 2.95. The van der Waals surface area contributed by atoms with E-state index in [4.69, 9.17) is 16.7 Å². The number of aromatic carboxylic acids is 1. The van der Waals surface area contributed by atoms with Gasteiger partial charge in [-0.25, -0.2) is 9.78 Å². The maximum atomic E-state index is 11.1. The fourth-order valence-corrected chi connectivity index (χ4v) is 2.79. The van der Waals surface area contributed by atoms with E-state index >= 15 is 0 Å². The Kier molecular flexibility index (Phi) is 5.94. The van der Waals surface area contributed by atoms with Gasteiger partial charge in [-0.05, 0) is 31.2 Å². The summed E-state index contributed by atoms with van der Waals surface area (Å²) in [7, 11) is 0. The molecule has 0 aromatic carbocycles. The quantitative estimate of drug-likeness (QED) is 0.751. The molecule has 1 heterocycles. The molecule has 1 rings (SSSR count). The molecule has 0 atom stereocenters. The lowest BCUT2D eigenvalue weighted by Crippen LogP contribution is -2.32. The number of aromatic nitrogens is 1. The lowest BCUT2D eigenvalue weighted by Gasteiger charge is -2.30. The van der Waals surface area contributed by atoms with E-state index in [9.17, 15) is 4.79 Å². The highest BCUT2D eigenvalue weighted by Crippen LogP contribution is 2.31. The van der Waals surface area contributed by atoms with Crippen LogP contribution in [0.2, 0.25) is 5.15 Å². The SMILES string of the molecule is CCC(CC)(CNc1nc(Cl)ccc1C(=O)O)SC. The van der Waals surface area contributed by atoms with Crippen molar-refractivity contribution in [1.29, 1.82) is 0 Å². The van der Waals surface area contributed by atoms with E-state index in [1.807, 2.05) is 0 Å². The van der Waals surface area contributed by atoms with Gasteiger partial charge in [-0.2, -0.15) is 11.8 Å². The number of carbonyl (C=O) groups is 1. The number of thioether (sulfide) groups is 1. The summed E-state index contributed by atoms with van der Waals surface area (Å²) in [6.45, 7) is 4.92. The first-order chi connectivity index (χ1) is 8.98. The van der Waals surface area contributed by atoms with Gasteiger partial charge in [0.15, 0.2) is 0 Å². The van der Waals surface area contributed by atoms with Crippen LogP contribution < -0.4 is 5.32 Å². The molecule has 0 bridgehead atoms. The van der Waals surface area contributed by atoms with Crippen molar-refractivity contribution in [2.24, 2.45) is 0 Å². The second kappa shape index (κ2) is 7.01. The van der Waals surface area contributed by atoms with Crippen LogP contribution >= 0.6 is 23.4 Å². The fourth-order valence-electron chi connectivity index (χ4n) is 1.85. The summed E-state index contributed by atoms with van der Waals surface area (Å²) in [6.07, 6.45) is 4.07. The van der Waals surface area contributed by atoms with Crippen molar-refractivity contribution in [2.75, 3.05) is 18.1 Å². The average Bonchev–Trinajstić information content (AvgIpc) is 2.40. The number of halogens is 1. The predicted octanol–water partition coefficient (Wildman–Crippen LogP) is 3.77. The van der Waals surface area contributed by atoms with E-state index in [0.717, 1.165) is 12.8 Å². The number of hydrogen-bond acceptors (Lipinski definition) is 4. The first-order valence-electron chi connectivity index (χ1n) is 6.17.